The Labute approximate surface area is 99.5 Å². The molecule has 0 fully saturated rings. The second-order valence-corrected chi connectivity index (χ2v) is 5.82. The molecule has 1 N–H and O–H groups in total. The molecular weight excluding hydrogens is 250 g/mol. The van der Waals surface area contributed by atoms with Crippen molar-refractivity contribution in [1.82, 2.24) is 0 Å². The van der Waals surface area contributed by atoms with Gasteiger partial charge in [0.25, 0.3) is 0 Å². The number of sulfone groups is 1. The Morgan fingerprint density at radius 3 is 2.56 bits per heavy atom. The molecule has 1 aromatic rings. The van der Waals surface area contributed by atoms with Crippen molar-refractivity contribution in [2.24, 2.45) is 0 Å². The Hall–Kier alpha value is -1.07. The maximum absolute atomic E-state index is 11.4. The third kappa shape index (κ3) is 4.20. The second kappa shape index (κ2) is 5.32. The first-order valence-corrected chi connectivity index (χ1v) is 7.13. The van der Waals surface area contributed by atoms with Crippen LogP contribution in [-0.2, 0) is 20.5 Å². The summed E-state index contributed by atoms with van der Waals surface area (Å²) in [5.74, 6) is -0.820. The highest BCUT2D eigenvalue weighted by atomic mass is 35.5. The van der Waals surface area contributed by atoms with Gasteiger partial charge in [-0.15, -0.1) is 11.6 Å². The van der Waals surface area contributed by atoms with E-state index in [1.165, 1.54) is 0 Å². The smallest absolute Gasteiger partial charge is 0.239 e. The minimum absolute atomic E-state index is 0.259. The molecule has 0 aliphatic carbocycles. The highest BCUT2D eigenvalue weighted by Gasteiger charge is 2.12. The molecule has 0 spiro atoms. The van der Waals surface area contributed by atoms with Crippen LogP contribution in [0.2, 0.25) is 0 Å². The van der Waals surface area contributed by atoms with Gasteiger partial charge in [-0.1, -0.05) is 18.2 Å². The van der Waals surface area contributed by atoms with Crippen LogP contribution in [0.5, 0.6) is 0 Å². The molecule has 0 atom stereocenters. The van der Waals surface area contributed by atoms with Crippen LogP contribution in [0.4, 0.5) is 5.69 Å². The molecule has 1 amide bonds. The number of para-hydroxylation sites is 1. The lowest BCUT2D eigenvalue weighted by molar-refractivity contribution is -0.113. The van der Waals surface area contributed by atoms with E-state index in [-0.39, 0.29) is 5.88 Å². The molecular formula is C10H12ClNO3S. The van der Waals surface area contributed by atoms with E-state index in [9.17, 15) is 13.2 Å². The zero-order valence-electron chi connectivity index (χ0n) is 8.73. The van der Waals surface area contributed by atoms with Crippen LogP contribution >= 0.6 is 11.6 Å². The van der Waals surface area contributed by atoms with E-state index < -0.39 is 21.5 Å². The number of nitrogens with one attached hydrogen (secondary N) is 1. The molecule has 88 valence electrons. The van der Waals surface area contributed by atoms with Gasteiger partial charge >= 0.3 is 0 Å². The number of hydrogen-bond donors (Lipinski definition) is 1. The third-order valence-corrected chi connectivity index (χ3v) is 2.90. The van der Waals surface area contributed by atoms with Crippen LogP contribution in [0.15, 0.2) is 24.3 Å². The van der Waals surface area contributed by atoms with Crippen molar-refractivity contribution in [3.8, 4) is 0 Å². The first-order valence-electron chi connectivity index (χ1n) is 4.54. The molecule has 0 aromatic heterocycles. The third-order valence-electron chi connectivity index (χ3n) is 1.83. The van der Waals surface area contributed by atoms with E-state index in [2.05, 4.69) is 5.32 Å². The molecule has 0 heterocycles. The summed E-state index contributed by atoms with van der Waals surface area (Å²) in [4.78, 5) is 11.4. The molecule has 4 nitrogen and oxygen atoms in total. The van der Waals surface area contributed by atoms with E-state index in [4.69, 9.17) is 11.6 Å². The second-order valence-electron chi connectivity index (χ2n) is 3.41. The van der Waals surface area contributed by atoms with Crippen LogP contribution in [0.1, 0.15) is 5.56 Å². The van der Waals surface area contributed by atoms with Crippen LogP contribution in [-0.4, -0.2) is 26.3 Å². The van der Waals surface area contributed by atoms with Crippen molar-refractivity contribution >= 4 is 33.0 Å². The van der Waals surface area contributed by atoms with Crippen molar-refractivity contribution in [3.63, 3.8) is 0 Å². The van der Waals surface area contributed by atoms with Crippen molar-refractivity contribution in [2.75, 3.05) is 17.3 Å². The van der Waals surface area contributed by atoms with E-state index >= 15 is 0 Å². The van der Waals surface area contributed by atoms with Gasteiger partial charge < -0.3 is 5.32 Å². The topological polar surface area (TPSA) is 63.2 Å². The zero-order chi connectivity index (χ0) is 12.2. The van der Waals surface area contributed by atoms with Crippen LogP contribution in [0, 0.1) is 0 Å². The lowest BCUT2D eigenvalue weighted by Gasteiger charge is -2.08. The van der Waals surface area contributed by atoms with Gasteiger partial charge in [-0.25, -0.2) is 8.42 Å². The van der Waals surface area contributed by atoms with Crippen LogP contribution in [0.25, 0.3) is 0 Å². The van der Waals surface area contributed by atoms with E-state index in [1.54, 1.807) is 24.3 Å². The normalized spacial score (nSPS) is 11.1. The molecule has 0 unspecified atom stereocenters. The van der Waals surface area contributed by atoms with Gasteiger partial charge in [-0.3, -0.25) is 4.79 Å². The molecule has 0 aliphatic heterocycles. The molecule has 0 radical (unpaired) electrons. The Kier molecular flexibility index (Phi) is 4.32. The number of alkyl halides is 1. The summed E-state index contributed by atoms with van der Waals surface area (Å²) in [7, 11) is -3.31. The van der Waals surface area contributed by atoms with Gasteiger partial charge in [0.15, 0.2) is 9.84 Å². The average Bonchev–Trinajstić information content (AvgIpc) is 2.15. The fourth-order valence-electron chi connectivity index (χ4n) is 1.18. The maximum Gasteiger partial charge on any atom is 0.239 e. The fraction of sp³-hybridized carbons (Fsp3) is 0.300. The molecule has 1 rings (SSSR count). The Morgan fingerprint density at radius 2 is 2.00 bits per heavy atom. The number of carbonyl (C=O) groups is 1. The van der Waals surface area contributed by atoms with E-state index in [1.807, 2.05) is 0 Å². The summed E-state index contributed by atoms with van der Waals surface area (Å²) >= 11 is 5.68. The summed E-state index contributed by atoms with van der Waals surface area (Å²) in [5, 5.41) is 2.52. The summed E-state index contributed by atoms with van der Waals surface area (Å²) < 4.78 is 21.8. The van der Waals surface area contributed by atoms with E-state index in [0.29, 0.717) is 5.69 Å². The van der Waals surface area contributed by atoms with Gasteiger partial charge in [0.1, 0.15) is 5.75 Å². The summed E-state index contributed by atoms with van der Waals surface area (Å²) in [5.41, 5.74) is 1.30. The summed E-state index contributed by atoms with van der Waals surface area (Å²) in [6.07, 6.45) is 1.01. The van der Waals surface area contributed by atoms with E-state index in [0.717, 1.165) is 11.8 Å². The summed E-state index contributed by atoms with van der Waals surface area (Å²) in [6, 6.07) is 6.98. The SMILES string of the molecule is CS(=O)(=O)CC(=O)Nc1ccccc1CCl. The number of carbonyl (C=O) groups excluding carboxylic acids is 1. The number of benzene rings is 1. The minimum Gasteiger partial charge on any atom is -0.325 e. The molecule has 1 aromatic carbocycles. The molecule has 0 bridgehead atoms. The van der Waals surface area contributed by atoms with Crippen molar-refractivity contribution in [1.29, 1.82) is 0 Å². The van der Waals surface area contributed by atoms with Crippen molar-refractivity contribution < 1.29 is 13.2 Å². The standard InChI is InChI=1S/C10H12ClNO3S/c1-16(14,15)7-10(13)12-9-5-3-2-4-8(9)6-11/h2-5H,6-7H2,1H3,(H,12,13). The monoisotopic (exact) mass is 261 g/mol. The highest BCUT2D eigenvalue weighted by molar-refractivity contribution is 7.91. The minimum atomic E-state index is -3.31. The predicted octanol–water partition coefficient (Wildman–Crippen LogP) is 1.41. The van der Waals surface area contributed by atoms with Crippen molar-refractivity contribution in [2.45, 2.75) is 5.88 Å². The van der Waals surface area contributed by atoms with Gasteiger partial charge in [0, 0.05) is 17.8 Å². The van der Waals surface area contributed by atoms with Crippen molar-refractivity contribution in [3.05, 3.63) is 29.8 Å². The van der Waals surface area contributed by atoms with Gasteiger partial charge in [0.05, 0.1) is 0 Å². The first kappa shape index (κ1) is 13.0. The molecule has 0 saturated heterocycles. The quantitative estimate of drug-likeness (QED) is 0.834. The Morgan fingerprint density at radius 1 is 1.38 bits per heavy atom. The highest BCUT2D eigenvalue weighted by Crippen LogP contribution is 2.16. The number of hydrogen-bond acceptors (Lipinski definition) is 3. The fourth-order valence-corrected chi connectivity index (χ4v) is 1.96. The maximum atomic E-state index is 11.4. The largest absolute Gasteiger partial charge is 0.325 e. The van der Waals surface area contributed by atoms with Gasteiger partial charge in [-0.05, 0) is 11.6 Å². The lowest BCUT2D eigenvalue weighted by atomic mass is 10.2. The first-order chi connectivity index (χ1) is 7.42. The lowest BCUT2D eigenvalue weighted by Crippen LogP contribution is -2.22. The van der Waals surface area contributed by atoms with Crippen LogP contribution in [0.3, 0.4) is 0 Å². The number of amides is 1. The number of halogens is 1. The Bertz CT molecular complexity index is 485. The number of anilines is 1. The number of rotatable bonds is 4. The van der Waals surface area contributed by atoms with Gasteiger partial charge in [0.2, 0.25) is 5.91 Å². The predicted molar refractivity (Wildman–Crippen MR) is 64.3 cm³/mol. The molecule has 0 aliphatic rings. The van der Waals surface area contributed by atoms with Crippen LogP contribution < -0.4 is 5.32 Å². The molecule has 16 heavy (non-hydrogen) atoms. The molecule has 0 saturated carbocycles. The molecule has 6 heteroatoms. The Balaban J connectivity index is 2.77. The zero-order valence-corrected chi connectivity index (χ0v) is 10.3. The summed E-state index contributed by atoms with van der Waals surface area (Å²) in [6.45, 7) is 0. The average molecular weight is 262 g/mol. The van der Waals surface area contributed by atoms with Gasteiger partial charge in [-0.2, -0.15) is 0 Å².